The second-order valence-electron chi connectivity index (χ2n) is 3.70. The van der Waals surface area contributed by atoms with Gasteiger partial charge in [0.1, 0.15) is 0 Å². The maximum absolute atomic E-state index is 6.19. The van der Waals surface area contributed by atoms with Crippen LogP contribution in [0.1, 0.15) is 23.8 Å². The standard InChI is InChI=1S/C10H14BrNOS/c1-13-9(6-2-3-6)8(12)10-7(11)4-5-14-10/h4-6,8-9H,2-3,12H2,1H3. The molecule has 0 bridgehead atoms. The molecular weight excluding hydrogens is 262 g/mol. The van der Waals surface area contributed by atoms with E-state index in [1.807, 2.05) is 6.07 Å². The number of thiophene rings is 1. The van der Waals surface area contributed by atoms with Crippen molar-refractivity contribution < 1.29 is 4.74 Å². The molecule has 1 aromatic heterocycles. The minimum absolute atomic E-state index is 0.0156. The number of nitrogens with two attached hydrogens (primary N) is 1. The minimum Gasteiger partial charge on any atom is -0.379 e. The quantitative estimate of drug-likeness (QED) is 0.917. The summed E-state index contributed by atoms with van der Waals surface area (Å²) in [4.78, 5) is 1.20. The SMILES string of the molecule is COC(C1CC1)C(N)c1sccc1Br. The third kappa shape index (κ3) is 2.03. The fraction of sp³-hybridized carbons (Fsp3) is 0.600. The van der Waals surface area contributed by atoms with Crippen molar-refractivity contribution in [2.24, 2.45) is 11.7 Å². The van der Waals surface area contributed by atoms with Crippen molar-refractivity contribution >= 4 is 27.3 Å². The molecule has 0 aromatic carbocycles. The van der Waals surface area contributed by atoms with Crippen LogP contribution in [-0.2, 0) is 4.74 Å². The van der Waals surface area contributed by atoms with Crippen molar-refractivity contribution in [2.75, 3.05) is 7.11 Å². The first-order valence-electron chi connectivity index (χ1n) is 4.75. The molecule has 1 aromatic rings. The van der Waals surface area contributed by atoms with Gasteiger partial charge in [0.2, 0.25) is 0 Å². The van der Waals surface area contributed by atoms with Gasteiger partial charge in [0.15, 0.2) is 0 Å². The van der Waals surface area contributed by atoms with Crippen LogP contribution in [0.5, 0.6) is 0 Å². The molecule has 1 fully saturated rings. The molecule has 0 saturated heterocycles. The van der Waals surface area contributed by atoms with Crippen LogP contribution >= 0.6 is 27.3 Å². The Morgan fingerprint density at radius 1 is 1.64 bits per heavy atom. The van der Waals surface area contributed by atoms with E-state index in [9.17, 15) is 0 Å². The molecule has 0 spiro atoms. The first-order valence-corrected chi connectivity index (χ1v) is 6.42. The molecule has 1 heterocycles. The highest BCUT2D eigenvalue weighted by atomic mass is 79.9. The fourth-order valence-electron chi connectivity index (χ4n) is 1.75. The lowest BCUT2D eigenvalue weighted by molar-refractivity contribution is 0.0632. The van der Waals surface area contributed by atoms with Crippen LogP contribution in [0.2, 0.25) is 0 Å². The minimum atomic E-state index is 0.0156. The lowest BCUT2D eigenvalue weighted by atomic mass is 10.1. The Morgan fingerprint density at radius 2 is 2.36 bits per heavy atom. The Hall–Kier alpha value is 0.100. The third-order valence-corrected chi connectivity index (χ3v) is 4.63. The van der Waals surface area contributed by atoms with E-state index in [1.54, 1.807) is 18.4 Å². The van der Waals surface area contributed by atoms with Crippen LogP contribution < -0.4 is 5.73 Å². The van der Waals surface area contributed by atoms with Crippen LogP contribution in [0.4, 0.5) is 0 Å². The van der Waals surface area contributed by atoms with E-state index in [0.29, 0.717) is 5.92 Å². The van der Waals surface area contributed by atoms with Crippen LogP contribution in [0.25, 0.3) is 0 Å². The average Bonchev–Trinajstić information content (AvgIpc) is 2.90. The van der Waals surface area contributed by atoms with Crippen LogP contribution in [0.15, 0.2) is 15.9 Å². The molecule has 0 radical (unpaired) electrons. The lowest BCUT2D eigenvalue weighted by Crippen LogP contribution is -2.29. The van der Waals surface area contributed by atoms with Crippen molar-refractivity contribution in [3.8, 4) is 0 Å². The summed E-state index contributed by atoms with van der Waals surface area (Å²) in [5, 5.41) is 2.05. The molecule has 0 amide bonds. The zero-order valence-electron chi connectivity index (χ0n) is 8.07. The summed E-state index contributed by atoms with van der Waals surface area (Å²) in [5.74, 6) is 0.670. The van der Waals surface area contributed by atoms with Gasteiger partial charge in [-0.3, -0.25) is 0 Å². The second kappa shape index (κ2) is 4.31. The van der Waals surface area contributed by atoms with Crippen molar-refractivity contribution in [2.45, 2.75) is 25.0 Å². The van der Waals surface area contributed by atoms with E-state index >= 15 is 0 Å². The number of hydrogen-bond acceptors (Lipinski definition) is 3. The summed E-state index contributed by atoms with van der Waals surface area (Å²) in [6, 6.07) is 2.06. The van der Waals surface area contributed by atoms with E-state index in [1.165, 1.54) is 17.7 Å². The second-order valence-corrected chi connectivity index (χ2v) is 5.50. The van der Waals surface area contributed by atoms with Gasteiger partial charge >= 0.3 is 0 Å². The molecule has 1 aliphatic carbocycles. The summed E-state index contributed by atoms with van der Waals surface area (Å²) < 4.78 is 6.58. The molecule has 78 valence electrons. The van der Waals surface area contributed by atoms with Crippen LogP contribution in [0.3, 0.4) is 0 Å². The van der Waals surface area contributed by atoms with E-state index in [4.69, 9.17) is 10.5 Å². The molecule has 2 unspecified atom stereocenters. The molecular formula is C10H14BrNOS. The van der Waals surface area contributed by atoms with E-state index in [2.05, 4.69) is 21.3 Å². The first-order chi connectivity index (χ1) is 6.74. The zero-order chi connectivity index (χ0) is 10.1. The van der Waals surface area contributed by atoms with Crippen molar-refractivity contribution in [1.29, 1.82) is 0 Å². The van der Waals surface area contributed by atoms with Gasteiger partial charge in [-0.1, -0.05) is 0 Å². The number of ether oxygens (including phenoxy) is 1. The predicted octanol–water partition coefficient (Wildman–Crippen LogP) is 2.94. The molecule has 2 rings (SSSR count). The zero-order valence-corrected chi connectivity index (χ0v) is 10.5. The van der Waals surface area contributed by atoms with Gasteiger partial charge in [0, 0.05) is 16.5 Å². The molecule has 1 saturated carbocycles. The predicted molar refractivity (Wildman–Crippen MR) is 62.5 cm³/mol. The highest BCUT2D eigenvalue weighted by Crippen LogP contribution is 2.41. The van der Waals surface area contributed by atoms with Crippen LogP contribution in [0, 0.1) is 5.92 Å². The number of rotatable bonds is 4. The summed E-state index contributed by atoms with van der Waals surface area (Å²) in [5.41, 5.74) is 6.19. The molecule has 1 aliphatic rings. The van der Waals surface area contributed by atoms with Gasteiger partial charge in [0.25, 0.3) is 0 Å². The first kappa shape index (κ1) is 10.6. The maximum atomic E-state index is 6.19. The Bertz CT molecular complexity index is 311. The number of methoxy groups -OCH3 is 1. The van der Waals surface area contributed by atoms with Gasteiger partial charge in [-0.05, 0) is 46.1 Å². The van der Waals surface area contributed by atoms with Crippen molar-refractivity contribution in [3.05, 3.63) is 20.8 Å². The van der Waals surface area contributed by atoms with Gasteiger partial charge in [0.05, 0.1) is 12.1 Å². The van der Waals surface area contributed by atoms with Gasteiger partial charge in [-0.2, -0.15) is 0 Å². The number of hydrogen-bond donors (Lipinski definition) is 1. The smallest absolute Gasteiger partial charge is 0.0800 e. The summed E-state index contributed by atoms with van der Waals surface area (Å²) >= 11 is 5.20. The van der Waals surface area contributed by atoms with Crippen molar-refractivity contribution in [1.82, 2.24) is 0 Å². The Balaban J connectivity index is 2.13. The molecule has 2 atom stereocenters. The fourth-order valence-corrected chi connectivity index (χ4v) is 3.42. The maximum Gasteiger partial charge on any atom is 0.0800 e. The summed E-state index contributed by atoms with van der Waals surface area (Å²) in [7, 11) is 1.75. The van der Waals surface area contributed by atoms with Crippen LogP contribution in [-0.4, -0.2) is 13.2 Å². The lowest BCUT2D eigenvalue weighted by Gasteiger charge is -2.21. The molecule has 2 N–H and O–H groups in total. The van der Waals surface area contributed by atoms with Gasteiger partial charge in [-0.15, -0.1) is 11.3 Å². The highest BCUT2D eigenvalue weighted by molar-refractivity contribution is 9.10. The monoisotopic (exact) mass is 275 g/mol. The number of halogens is 1. The molecule has 4 heteroatoms. The summed E-state index contributed by atoms with van der Waals surface area (Å²) in [6.45, 7) is 0. The Labute approximate surface area is 96.6 Å². The molecule has 0 aliphatic heterocycles. The third-order valence-electron chi connectivity index (χ3n) is 2.66. The Kier molecular flexibility index (Phi) is 3.27. The molecule has 14 heavy (non-hydrogen) atoms. The largest absolute Gasteiger partial charge is 0.379 e. The van der Waals surface area contributed by atoms with Gasteiger partial charge < -0.3 is 10.5 Å². The molecule has 2 nitrogen and oxygen atoms in total. The Morgan fingerprint density at radius 3 is 2.79 bits per heavy atom. The van der Waals surface area contributed by atoms with E-state index < -0.39 is 0 Å². The topological polar surface area (TPSA) is 35.2 Å². The average molecular weight is 276 g/mol. The highest BCUT2D eigenvalue weighted by Gasteiger charge is 2.36. The van der Waals surface area contributed by atoms with Crippen molar-refractivity contribution in [3.63, 3.8) is 0 Å². The van der Waals surface area contributed by atoms with E-state index in [0.717, 1.165) is 4.47 Å². The normalized spacial score (nSPS) is 20.8. The summed E-state index contributed by atoms with van der Waals surface area (Å²) in [6.07, 6.45) is 2.70. The van der Waals surface area contributed by atoms with E-state index in [-0.39, 0.29) is 12.1 Å². The van der Waals surface area contributed by atoms with Gasteiger partial charge in [-0.25, -0.2) is 0 Å².